The molecule has 4 N–H and O–H groups in total. The molecule has 0 aliphatic heterocycles. The fraction of sp³-hybridized carbons (Fsp3) is 0.875. The first-order valence-electron chi connectivity index (χ1n) is 4.72. The molecule has 0 atom stereocenters. The molecule has 0 unspecified atom stereocenters. The Morgan fingerprint density at radius 1 is 1.62 bits per heavy atom. The van der Waals surface area contributed by atoms with Crippen LogP contribution in [0.1, 0.15) is 19.8 Å². The van der Waals surface area contributed by atoms with Crippen molar-refractivity contribution in [1.82, 2.24) is 10.7 Å². The van der Waals surface area contributed by atoms with Crippen LogP contribution in [0.15, 0.2) is 4.99 Å². The van der Waals surface area contributed by atoms with Gasteiger partial charge in [-0.05, 0) is 19.8 Å². The Morgan fingerprint density at radius 3 is 2.92 bits per heavy atom. The predicted octanol–water partition coefficient (Wildman–Crippen LogP) is -0.406. The summed E-state index contributed by atoms with van der Waals surface area (Å²) < 4.78 is 5.15. The van der Waals surface area contributed by atoms with Crippen molar-refractivity contribution in [3.63, 3.8) is 0 Å². The molecule has 0 spiro atoms. The molecule has 1 aliphatic rings. The molecule has 1 rings (SSSR count). The Labute approximate surface area is 78.7 Å². The van der Waals surface area contributed by atoms with Crippen LogP contribution in [0.2, 0.25) is 0 Å². The number of hydrazine groups is 1. The maximum atomic E-state index is 5.28. The molecular weight excluding hydrogens is 168 g/mol. The number of rotatable bonds is 5. The summed E-state index contributed by atoms with van der Waals surface area (Å²) in [5, 5.41) is 3.18. The summed E-state index contributed by atoms with van der Waals surface area (Å²) in [6.07, 6.45) is 2.43. The summed E-state index contributed by atoms with van der Waals surface area (Å²) in [6.45, 7) is 3.99. The molecule has 0 aromatic heterocycles. The number of nitrogens with two attached hydrogens (primary N) is 1. The number of hydrogen-bond donors (Lipinski definition) is 3. The van der Waals surface area contributed by atoms with Crippen molar-refractivity contribution in [3.05, 3.63) is 0 Å². The maximum absolute atomic E-state index is 5.28. The van der Waals surface area contributed by atoms with E-state index < -0.39 is 0 Å². The van der Waals surface area contributed by atoms with Gasteiger partial charge in [-0.25, -0.2) is 10.8 Å². The van der Waals surface area contributed by atoms with Gasteiger partial charge >= 0.3 is 0 Å². The second-order valence-electron chi connectivity index (χ2n) is 2.99. The van der Waals surface area contributed by atoms with Crippen LogP contribution in [-0.2, 0) is 4.74 Å². The molecule has 5 nitrogen and oxygen atoms in total. The van der Waals surface area contributed by atoms with Gasteiger partial charge in [-0.15, -0.1) is 0 Å². The Kier molecular flexibility index (Phi) is 4.56. The van der Waals surface area contributed by atoms with Gasteiger partial charge < -0.3 is 10.1 Å². The summed E-state index contributed by atoms with van der Waals surface area (Å²) in [5.74, 6) is 5.95. The Bertz CT molecular complexity index is 168. The van der Waals surface area contributed by atoms with E-state index in [-0.39, 0.29) is 0 Å². The normalized spacial score (nSPS) is 17.2. The lowest BCUT2D eigenvalue weighted by Crippen LogP contribution is -2.42. The highest BCUT2D eigenvalue weighted by atomic mass is 16.5. The second kappa shape index (κ2) is 5.77. The van der Waals surface area contributed by atoms with Gasteiger partial charge in [0.1, 0.15) is 0 Å². The summed E-state index contributed by atoms with van der Waals surface area (Å²) in [7, 11) is 0. The average Bonchev–Trinajstić information content (AvgIpc) is 2.94. The quantitative estimate of drug-likeness (QED) is 0.179. The molecule has 0 bridgehead atoms. The number of nitrogens with zero attached hydrogens (tertiary/aromatic N) is 1. The first-order valence-corrected chi connectivity index (χ1v) is 4.72. The standard InChI is InChI=1S/C8H18N4O/c1-2-13-6-5-10-8(12-9)11-7-3-4-7/h7H,2-6,9H2,1H3,(H2,10,11,12). The van der Waals surface area contributed by atoms with Gasteiger partial charge in [-0.3, -0.25) is 5.43 Å². The highest BCUT2D eigenvalue weighted by molar-refractivity contribution is 5.79. The second-order valence-corrected chi connectivity index (χ2v) is 2.99. The number of ether oxygens (including phenoxy) is 1. The van der Waals surface area contributed by atoms with Crippen molar-refractivity contribution in [2.24, 2.45) is 10.8 Å². The maximum Gasteiger partial charge on any atom is 0.206 e. The fourth-order valence-electron chi connectivity index (χ4n) is 0.920. The molecule has 0 aromatic rings. The first-order chi connectivity index (χ1) is 6.36. The molecule has 1 aliphatic carbocycles. The highest BCUT2D eigenvalue weighted by Crippen LogP contribution is 2.18. The lowest BCUT2D eigenvalue weighted by Gasteiger charge is -2.07. The number of aliphatic imine (C=N–C) groups is 1. The summed E-state index contributed by atoms with van der Waals surface area (Å²) in [4.78, 5) is 4.20. The molecule has 13 heavy (non-hydrogen) atoms. The van der Waals surface area contributed by atoms with Crippen molar-refractivity contribution in [2.45, 2.75) is 25.8 Å². The minimum Gasteiger partial charge on any atom is -0.380 e. The van der Waals surface area contributed by atoms with E-state index in [4.69, 9.17) is 10.6 Å². The van der Waals surface area contributed by atoms with Crippen molar-refractivity contribution in [3.8, 4) is 0 Å². The van der Waals surface area contributed by atoms with E-state index in [0.717, 1.165) is 6.61 Å². The SMILES string of the molecule is CCOCCN=C(NN)NC1CC1. The van der Waals surface area contributed by atoms with Crippen molar-refractivity contribution >= 4 is 5.96 Å². The lowest BCUT2D eigenvalue weighted by atomic mass is 10.6. The zero-order valence-electron chi connectivity index (χ0n) is 8.05. The number of guanidine groups is 1. The van der Waals surface area contributed by atoms with Crippen molar-refractivity contribution in [2.75, 3.05) is 19.8 Å². The molecule has 1 saturated carbocycles. The molecule has 0 heterocycles. The van der Waals surface area contributed by atoms with Gasteiger partial charge in [0, 0.05) is 12.6 Å². The predicted molar refractivity (Wildman–Crippen MR) is 52.3 cm³/mol. The van der Waals surface area contributed by atoms with Crippen LogP contribution in [0, 0.1) is 0 Å². The fourth-order valence-corrected chi connectivity index (χ4v) is 0.920. The molecule has 0 amide bonds. The van der Waals surface area contributed by atoms with Crippen LogP contribution >= 0.6 is 0 Å². The van der Waals surface area contributed by atoms with Crippen LogP contribution < -0.4 is 16.6 Å². The minimum atomic E-state index is 0.571. The van der Waals surface area contributed by atoms with Crippen LogP contribution in [0.3, 0.4) is 0 Å². The average molecular weight is 186 g/mol. The topological polar surface area (TPSA) is 71.7 Å². The largest absolute Gasteiger partial charge is 0.380 e. The molecule has 0 aromatic carbocycles. The first kappa shape index (κ1) is 10.3. The zero-order valence-corrected chi connectivity index (χ0v) is 8.05. The van der Waals surface area contributed by atoms with Gasteiger partial charge in [-0.2, -0.15) is 0 Å². The van der Waals surface area contributed by atoms with E-state index in [1.807, 2.05) is 6.92 Å². The zero-order chi connectivity index (χ0) is 9.52. The smallest absolute Gasteiger partial charge is 0.206 e. The van der Waals surface area contributed by atoms with E-state index in [0.29, 0.717) is 25.2 Å². The van der Waals surface area contributed by atoms with E-state index in [9.17, 15) is 0 Å². The Hall–Kier alpha value is -0.810. The van der Waals surface area contributed by atoms with Crippen molar-refractivity contribution < 1.29 is 4.74 Å². The van der Waals surface area contributed by atoms with Crippen LogP contribution in [0.5, 0.6) is 0 Å². The molecule has 76 valence electrons. The van der Waals surface area contributed by atoms with Gasteiger partial charge in [0.15, 0.2) is 0 Å². The minimum absolute atomic E-state index is 0.571. The molecule has 0 radical (unpaired) electrons. The van der Waals surface area contributed by atoms with Crippen LogP contribution in [0.25, 0.3) is 0 Å². The van der Waals surface area contributed by atoms with Gasteiger partial charge in [0.2, 0.25) is 5.96 Å². The third kappa shape index (κ3) is 4.69. The lowest BCUT2D eigenvalue weighted by molar-refractivity contribution is 0.155. The molecule has 5 heteroatoms. The Morgan fingerprint density at radius 2 is 2.38 bits per heavy atom. The van der Waals surface area contributed by atoms with Crippen LogP contribution in [-0.4, -0.2) is 31.8 Å². The third-order valence-corrected chi connectivity index (χ3v) is 1.76. The monoisotopic (exact) mass is 186 g/mol. The molecule has 0 saturated heterocycles. The number of nitrogens with one attached hydrogen (secondary N) is 2. The van der Waals surface area contributed by atoms with E-state index in [1.54, 1.807) is 0 Å². The summed E-state index contributed by atoms with van der Waals surface area (Å²) in [5.41, 5.74) is 2.53. The van der Waals surface area contributed by atoms with Gasteiger partial charge in [-0.1, -0.05) is 0 Å². The van der Waals surface area contributed by atoms with E-state index in [2.05, 4.69) is 15.7 Å². The van der Waals surface area contributed by atoms with Crippen LogP contribution in [0.4, 0.5) is 0 Å². The highest BCUT2D eigenvalue weighted by Gasteiger charge is 2.21. The Balaban J connectivity index is 2.10. The summed E-state index contributed by atoms with van der Waals surface area (Å²) in [6, 6.07) is 0.571. The van der Waals surface area contributed by atoms with E-state index in [1.165, 1.54) is 12.8 Å². The third-order valence-electron chi connectivity index (χ3n) is 1.76. The number of hydrogen-bond acceptors (Lipinski definition) is 3. The van der Waals surface area contributed by atoms with Gasteiger partial charge in [0.25, 0.3) is 0 Å². The van der Waals surface area contributed by atoms with E-state index >= 15 is 0 Å². The summed E-state index contributed by atoms with van der Waals surface area (Å²) >= 11 is 0. The molecule has 1 fully saturated rings. The van der Waals surface area contributed by atoms with Gasteiger partial charge in [0.05, 0.1) is 13.2 Å². The molecular formula is C8H18N4O. The van der Waals surface area contributed by atoms with Crippen molar-refractivity contribution in [1.29, 1.82) is 0 Å².